The predicted molar refractivity (Wildman–Crippen MR) is 88.4 cm³/mol. The van der Waals surface area contributed by atoms with Gasteiger partial charge in [-0.1, -0.05) is 71.8 Å². The summed E-state index contributed by atoms with van der Waals surface area (Å²) in [7, 11) is -1.53. The van der Waals surface area contributed by atoms with Gasteiger partial charge < -0.3 is 5.11 Å². The van der Waals surface area contributed by atoms with Gasteiger partial charge in [0.15, 0.2) is 0 Å². The fourth-order valence-corrected chi connectivity index (χ4v) is 6.74. The molecule has 1 N–H and O–H groups in total. The van der Waals surface area contributed by atoms with E-state index in [-0.39, 0.29) is 5.41 Å². The molecule has 0 saturated heterocycles. The molecule has 0 aliphatic carbocycles. The smallest absolute Gasteiger partial charge is 0.117 e. The molecule has 108 valence electrons. The molecule has 19 heavy (non-hydrogen) atoms. The molecule has 1 aromatic rings. The lowest BCUT2D eigenvalue weighted by atomic mass is 9.86. The molecular formula is C17H30OSi. The highest BCUT2D eigenvalue weighted by atomic mass is 28.3. The van der Waals surface area contributed by atoms with Gasteiger partial charge in [-0.05, 0) is 28.7 Å². The van der Waals surface area contributed by atoms with Crippen molar-refractivity contribution < 1.29 is 5.11 Å². The van der Waals surface area contributed by atoms with E-state index < -0.39 is 8.07 Å². The second kappa shape index (κ2) is 5.70. The molecule has 0 aromatic heterocycles. The molecule has 2 heteroatoms. The second-order valence-corrected chi connectivity index (χ2v) is 12.0. The third kappa shape index (κ3) is 3.05. The molecule has 0 aliphatic heterocycles. The first-order chi connectivity index (χ1) is 8.71. The van der Waals surface area contributed by atoms with Crippen molar-refractivity contribution in [2.75, 3.05) is 0 Å². The lowest BCUT2D eigenvalue weighted by Gasteiger charge is -2.32. The van der Waals surface area contributed by atoms with Crippen molar-refractivity contribution in [2.24, 2.45) is 0 Å². The Morgan fingerprint density at radius 3 is 1.84 bits per heavy atom. The highest BCUT2D eigenvalue weighted by Crippen LogP contribution is 2.31. The molecule has 0 atom stereocenters. The van der Waals surface area contributed by atoms with Crippen molar-refractivity contribution in [1.82, 2.24) is 0 Å². The summed E-state index contributed by atoms with van der Waals surface area (Å²) in [4.78, 5) is 0. The minimum atomic E-state index is -1.53. The number of hydrogen-bond acceptors (Lipinski definition) is 1. The zero-order valence-corrected chi connectivity index (χ0v) is 14.7. The first kappa shape index (κ1) is 16.3. The van der Waals surface area contributed by atoms with E-state index in [9.17, 15) is 5.11 Å². The summed E-state index contributed by atoms with van der Waals surface area (Å²) >= 11 is 0. The van der Waals surface area contributed by atoms with Crippen molar-refractivity contribution >= 4 is 13.3 Å². The van der Waals surface area contributed by atoms with E-state index in [4.69, 9.17) is 0 Å². The Balaban J connectivity index is 3.54. The topological polar surface area (TPSA) is 20.2 Å². The molecule has 0 heterocycles. The number of rotatable bonds is 4. The Morgan fingerprint density at radius 1 is 1.00 bits per heavy atom. The molecule has 1 aromatic carbocycles. The quantitative estimate of drug-likeness (QED) is 0.791. The molecule has 0 radical (unpaired) electrons. The Labute approximate surface area is 120 Å². The fraction of sp³-hybridized carbons (Fsp3) is 0.647. The average molecular weight is 279 g/mol. The van der Waals surface area contributed by atoms with Crippen LogP contribution in [0, 0.1) is 6.92 Å². The maximum absolute atomic E-state index is 10.6. The Kier molecular flexibility index (Phi) is 4.89. The van der Waals surface area contributed by atoms with Gasteiger partial charge in [-0.15, -0.1) is 0 Å². The van der Waals surface area contributed by atoms with Crippen LogP contribution in [-0.4, -0.2) is 13.2 Å². The van der Waals surface area contributed by atoms with Crippen molar-refractivity contribution in [1.29, 1.82) is 0 Å². The van der Waals surface area contributed by atoms with Crippen molar-refractivity contribution in [3.63, 3.8) is 0 Å². The number of phenolic OH excluding ortho intramolecular Hbond substituents is 1. The van der Waals surface area contributed by atoms with E-state index >= 15 is 0 Å². The van der Waals surface area contributed by atoms with Gasteiger partial charge in [-0.3, -0.25) is 0 Å². The van der Waals surface area contributed by atoms with E-state index in [0.29, 0.717) is 5.75 Å². The Hall–Kier alpha value is -0.763. The van der Waals surface area contributed by atoms with Crippen LogP contribution in [0.15, 0.2) is 12.1 Å². The maximum Gasteiger partial charge on any atom is 0.117 e. The van der Waals surface area contributed by atoms with Crippen LogP contribution in [-0.2, 0) is 5.41 Å². The molecule has 0 fully saturated rings. The summed E-state index contributed by atoms with van der Waals surface area (Å²) in [5.74, 6) is 0.560. The molecule has 0 spiro atoms. The standard InChI is InChI=1S/C17H30OSi/c1-8-19(9-2,10-3)15-12-14(17(5,6)7)11-13(4)16(15)18/h11-12,18H,8-10H2,1-7H3. The number of phenols is 1. The van der Waals surface area contributed by atoms with Gasteiger partial charge >= 0.3 is 0 Å². The van der Waals surface area contributed by atoms with Crippen LogP contribution in [0.2, 0.25) is 18.1 Å². The number of benzene rings is 1. The molecule has 0 amide bonds. The first-order valence-corrected chi connectivity index (χ1v) is 10.2. The molecular weight excluding hydrogens is 248 g/mol. The molecule has 1 nitrogen and oxygen atoms in total. The zero-order chi connectivity index (χ0) is 14.8. The predicted octanol–water partition coefficient (Wildman–Crippen LogP) is 4.71. The summed E-state index contributed by atoms with van der Waals surface area (Å²) in [5.41, 5.74) is 2.53. The Morgan fingerprint density at radius 2 is 1.47 bits per heavy atom. The largest absolute Gasteiger partial charge is 0.508 e. The van der Waals surface area contributed by atoms with Gasteiger partial charge in [0.1, 0.15) is 5.75 Å². The fourth-order valence-electron chi connectivity index (χ4n) is 2.94. The molecule has 0 bridgehead atoms. The van der Waals surface area contributed by atoms with Gasteiger partial charge in [-0.2, -0.15) is 0 Å². The molecule has 0 saturated carbocycles. The van der Waals surface area contributed by atoms with Crippen LogP contribution in [0.1, 0.15) is 52.7 Å². The van der Waals surface area contributed by atoms with E-state index in [0.717, 1.165) is 5.56 Å². The maximum atomic E-state index is 10.6. The summed E-state index contributed by atoms with van der Waals surface area (Å²) < 4.78 is 0. The van der Waals surface area contributed by atoms with Gasteiger partial charge in [0.2, 0.25) is 0 Å². The lowest BCUT2D eigenvalue weighted by Crippen LogP contribution is -2.46. The van der Waals surface area contributed by atoms with Gasteiger partial charge in [-0.25, -0.2) is 0 Å². The minimum absolute atomic E-state index is 0.141. The molecule has 1 rings (SSSR count). The lowest BCUT2D eigenvalue weighted by molar-refractivity contribution is 0.473. The highest BCUT2D eigenvalue weighted by molar-refractivity contribution is 6.92. The van der Waals surface area contributed by atoms with Crippen molar-refractivity contribution in [2.45, 2.75) is 72.0 Å². The van der Waals surface area contributed by atoms with Crippen LogP contribution >= 0.6 is 0 Å². The van der Waals surface area contributed by atoms with E-state index in [1.54, 1.807) is 0 Å². The monoisotopic (exact) mass is 278 g/mol. The summed E-state index contributed by atoms with van der Waals surface area (Å²) in [5, 5.41) is 11.8. The molecule has 0 unspecified atom stereocenters. The second-order valence-electron chi connectivity index (χ2n) is 6.78. The SMILES string of the molecule is CC[Si](CC)(CC)c1cc(C(C)(C)C)cc(C)c1O. The van der Waals surface area contributed by atoms with E-state index in [1.807, 2.05) is 6.92 Å². The van der Waals surface area contributed by atoms with Crippen LogP contribution in [0.3, 0.4) is 0 Å². The first-order valence-electron chi connectivity index (χ1n) is 7.56. The van der Waals surface area contributed by atoms with E-state index in [1.165, 1.54) is 28.9 Å². The average Bonchev–Trinajstić information content (AvgIpc) is 2.35. The minimum Gasteiger partial charge on any atom is -0.508 e. The van der Waals surface area contributed by atoms with Gasteiger partial charge in [0.05, 0.1) is 8.07 Å². The summed E-state index contributed by atoms with van der Waals surface area (Å²) in [6.07, 6.45) is 0. The van der Waals surface area contributed by atoms with Gasteiger partial charge in [0.25, 0.3) is 0 Å². The van der Waals surface area contributed by atoms with Crippen LogP contribution in [0.5, 0.6) is 5.75 Å². The van der Waals surface area contributed by atoms with Gasteiger partial charge in [0, 0.05) is 0 Å². The van der Waals surface area contributed by atoms with Crippen LogP contribution < -0.4 is 5.19 Å². The van der Waals surface area contributed by atoms with Crippen molar-refractivity contribution in [3.05, 3.63) is 23.3 Å². The van der Waals surface area contributed by atoms with Crippen LogP contribution in [0.4, 0.5) is 0 Å². The third-order valence-electron chi connectivity index (χ3n) is 4.77. The normalized spacial score (nSPS) is 12.8. The van der Waals surface area contributed by atoms with Crippen molar-refractivity contribution in [3.8, 4) is 5.75 Å². The molecule has 0 aliphatic rings. The number of hydrogen-bond donors (Lipinski definition) is 1. The number of aromatic hydroxyl groups is 1. The Bertz CT molecular complexity index is 431. The highest BCUT2D eigenvalue weighted by Gasteiger charge is 2.33. The summed E-state index contributed by atoms with van der Waals surface area (Å²) in [6.45, 7) is 15.6. The third-order valence-corrected chi connectivity index (χ3v) is 10.4. The van der Waals surface area contributed by atoms with E-state index in [2.05, 4.69) is 53.7 Å². The van der Waals surface area contributed by atoms with Crippen LogP contribution in [0.25, 0.3) is 0 Å². The number of aryl methyl sites for hydroxylation is 1. The summed E-state index contributed by atoms with van der Waals surface area (Å²) in [6, 6.07) is 8.08. The zero-order valence-electron chi connectivity index (χ0n) is 13.7.